The zero-order chi connectivity index (χ0) is 13.0. The zero-order valence-corrected chi connectivity index (χ0v) is 11.1. The Bertz CT molecular complexity index is 418. The Hall–Kier alpha value is -1.55. The number of hydrogen-bond donors (Lipinski definition) is 0. The topological polar surface area (TPSA) is 32.8 Å². The van der Waals surface area contributed by atoms with Gasteiger partial charge in [0.05, 0.1) is 12.1 Å². The van der Waals surface area contributed by atoms with Crippen LogP contribution < -0.4 is 4.74 Å². The third kappa shape index (κ3) is 3.01. The van der Waals surface area contributed by atoms with Crippen LogP contribution in [0.3, 0.4) is 0 Å². The van der Waals surface area contributed by atoms with Crippen LogP contribution in [0.2, 0.25) is 0 Å². The summed E-state index contributed by atoms with van der Waals surface area (Å²) >= 11 is 0. The van der Waals surface area contributed by atoms with Crippen LogP contribution in [0.25, 0.3) is 0 Å². The number of ether oxygens (including phenoxy) is 1. The molecule has 4 heteroatoms. The standard InChI is InChI=1S/C14H20N2O2/c1-15(2)8-5-9-16-10-11-18-13-7-4-3-6-12(13)14(16)17/h3-4,6-7H,5,8-11H2,1-2H3. The fourth-order valence-corrected chi connectivity index (χ4v) is 2.10. The first-order valence-corrected chi connectivity index (χ1v) is 6.34. The number of amides is 1. The van der Waals surface area contributed by atoms with Crippen molar-refractivity contribution in [3.8, 4) is 5.75 Å². The van der Waals surface area contributed by atoms with E-state index in [2.05, 4.69) is 4.90 Å². The van der Waals surface area contributed by atoms with Gasteiger partial charge in [0.25, 0.3) is 5.91 Å². The van der Waals surface area contributed by atoms with Crippen molar-refractivity contribution >= 4 is 5.91 Å². The molecule has 1 aromatic carbocycles. The van der Waals surface area contributed by atoms with Crippen LogP contribution >= 0.6 is 0 Å². The van der Waals surface area contributed by atoms with E-state index < -0.39 is 0 Å². The summed E-state index contributed by atoms with van der Waals surface area (Å²) in [5, 5.41) is 0. The molecule has 4 nitrogen and oxygen atoms in total. The van der Waals surface area contributed by atoms with Crippen molar-refractivity contribution in [2.45, 2.75) is 6.42 Å². The molecule has 0 N–H and O–H groups in total. The van der Waals surface area contributed by atoms with E-state index in [4.69, 9.17) is 4.74 Å². The third-order valence-corrected chi connectivity index (χ3v) is 3.06. The zero-order valence-electron chi connectivity index (χ0n) is 11.1. The Morgan fingerprint density at radius 1 is 1.33 bits per heavy atom. The number of hydrogen-bond acceptors (Lipinski definition) is 3. The summed E-state index contributed by atoms with van der Waals surface area (Å²) in [5.41, 5.74) is 0.680. The highest BCUT2D eigenvalue weighted by atomic mass is 16.5. The lowest BCUT2D eigenvalue weighted by Gasteiger charge is -2.20. The molecular weight excluding hydrogens is 228 g/mol. The number of para-hydroxylation sites is 1. The van der Waals surface area contributed by atoms with Crippen molar-refractivity contribution in [3.63, 3.8) is 0 Å². The number of nitrogens with zero attached hydrogens (tertiary/aromatic N) is 2. The van der Waals surface area contributed by atoms with Gasteiger partial charge in [-0.25, -0.2) is 0 Å². The van der Waals surface area contributed by atoms with E-state index in [0.29, 0.717) is 24.5 Å². The Labute approximate surface area is 108 Å². The second kappa shape index (κ2) is 5.87. The maximum Gasteiger partial charge on any atom is 0.257 e. The second-order valence-electron chi connectivity index (χ2n) is 4.79. The molecule has 1 heterocycles. The van der Waals surface area contributed by atoms with Crippen LogP contribution in [-0.2, 0) is 0 Å². The summed E-state index contributed by atoms with van der Waals surface area (Å²) in [6, 6.07) is 7.47. The Kier molecular flexibility index (Phi) is 4.20. The number of rotatable bonds is 4. The predicted molar refractivity (Wildman–Crippen MR) is 71.0 cm³/mol. The number of carbonyl (C=O) groups is 1. The normalized spacial score (nSPS) is 15.3. The highest BCUT2D eigenvalue weighted by molar-refractivity contribution is 5.97. The predicted octanol–water partition coefficient (Wildman–Crippen LogP) is 1.47. The summed E-state index contributed by atoms with van der Waals surface area (Å²) in [6.07, 6.45) is 0.987. The molecule has 0 unspecified atom stereocenters. The van der Waals surface area contributed by atoms with Gasteiger partial charge in [-0.05, 0) is 39.2 Å². The minimum atomic E-state index is 0.0851. The molecule has 18 heavy (non-hydrogen) atoms. The molecule has 0 saturated heterocycles. The molecule has 0 aliphatic carbocycles. The van der Waals surface area contributed by atoms with Gasteiger partial charge >= 0.3 is 0 Å². The molecule has 0 spiro atoms. The second-order valence-corrected chi connectivity index (χ2v) is 4.79. The Morgan fingerprint density at radius 2 is 2.11 bits per heavy atom. The van der Waals surface area contributed by atoms with E-state index in [1.54, 1.807) is 0 Å². The molecule has 1 aliphatic rings. The smallest absolute Gasteiger partial charge is 0.257 e. The van der Waals surface area contributed by atoms with Crippen LogP contribution in [0, 0.1) is 0 Å². The summed E-state index contributed by atoms with van der Waals surface area (Å²) in [6.45, 7) is 3.02. The first kappa shape index (κ1) is 12.9. The van der Waals surface area contributed by atoms with E-state index >= 15 is 0 Å². The van der Waals surface area contributed by atoms with Crippen LogP contribution in [0.15, 0.2) is 24.3 Å². The average molecular weight is 248 g/mol. The van der Waals surface area contributed by atoms with Crippen LogP contribution in [0.5, 0.6) is 5.75 Å². The Morgan fingerprint density at radius 3 is 2.89 bits per heavy atom. The van der Waals surface area contributed by atoms with Crippen LogP contribution in [0.1, 0.15) is 16.8 Å². The fourth-order valence-electron chi connectivity index (χ4n) is 2.10. The van der Waals surface area contributed by atoms with Crippen molar-refractivity contribution in [1.29, 1.82) is 0 Å². The van der Waals surface area contributed by atoms with E-state index in [-0.39, 0.29) is 5.91 Å². The van der Waals surface area contributed by atoms with Crippen LogP contribution in [-0.4, -0.2) is 56.0 Å². The minimum Gasteiger partial charge on any atom is -0.491 e. The lowest BCUT2D eigenvalue weighted by atomic mass is 10.1. The molecule has 0 atom stereocenters. The molecule has 0 bridgehead atoms. The highest BCUT2D eigenvalue weighted by Crippen LogP contribution is 2.22. The van der Waals surface area contributed by atoms with Gasteiger partial charge in [-0.15, -0.1) is 0 Å². The highest BCUT2D eigenvalue weighted by Gasteiger charge is 2.22. The average Bonchev–Trinajstić information content (AvgIpc) is 2.50. The maximum absolute atomic E-state index is 12.3. The summed E-state index contributed by atoms with van der Waals surface area (Å²) < 4.78 is 5.60. The lowest BCUT2D eigenvalue weighted by Crippen LogP contribution is -2.34. The van der Waals surface area contributed by atoms with Gasteiger partial charge in [-0.2, -0.15) is 0 Å². The summed E-state index contributed by atoms with van der Waals surface area (Å²) in [7, 11) is 4.09. The van der Waals surface area contributed by atoms with Crippen molar-refractivity contribution in [3.05, 3.63) is 29.8 Å². The fraction of sp³-hybridized carbons (Fsp3) is 0.500. The van der Waals surface area contributed by atoms with Gasteiger partial charge in [0.1, 0.15) is 12.4 Å². The largest absolute Gasteiger partial charge is 0.491 e. The first-order valence-electron chi connectivity index (χ1n) is 6.34. The molecule has 1 amide bonds. The SMILES string of the molecule is CN(C)CCCN1CCOc2ccccc2C1=O. The quantitative estimate of drug-likeness (QED) is 0.809. The monoisotopic (exact) mass is 248 g/mol. The van der Waals surface area contributed by atoms with Crippen molar-refractivity contribution in [2.24, 2.45) is 0 Å². The molecular formula is C14H20N2O2. The first-order chi connectivity index (χ1) is 8.68. The summed E-state index contributed by atoms with van der Waals surface area (Å²) in [5.74, 6) is 0.791. The maximum atomic E-state index is 12.3. The number of carbonyl (C=O) groups excluding carboxylic acids is 1. The molecule has 98 valence electrons. The van der Waals surface area contributed by atoms with Crippen LogP contribution in [0.4, 0.5) is 0 Å². The molecule has 1 aromatic rings. The Balaban J connectivity index is 2.03. The van der Waals surface area contributed by atoms with Crippen molar-refractivity contribution < 1.29 is 9.53 Å². The van der Waals surface area contributed by atoms with E-state index in [1.165, 1.54) is 0 Å². The van der Waals surface area contributed by atoms with Gasteiger partial charge in [-0.1, -0.05) is 12.1 Å². The van der Waals surface area contributed by atoms with Crippen molar-refractivity contribution in [2.75, 3.05) is 40.3 Å². The van der Waals surface area contributed by atoms with Gasteiger partial charge in [0.2, 0.25) is 0 Å². The molecule has 0 fully saturated rings. The molecule has 1 aliphatic heterocycles. The minimum absolute atomic E-state index is 0.0851. The van der Waals surface area contributed by atoms with Gasteiger partial charge in [0, 0.05) is 6.54 Å². The summed E-state index contributed by atoms with van der Waals surface area (Å²) in [4.78, 5) is 16.4. The van der Waals surface area contributed by atoms with Crippen molar-refractivity contribution in [1.82, 2.24) is 9.80 Å². The van der Waals surface area contributed by atoms with Gasteiger partial charge in [0.15, 0.2) is 0 Å². The third-order valence-electron chi connectivity index (χ3n) is 3.06. The molecule has 0 radical (unpaired) electrons. The molecule has 2 rings (SSSR count). The van der Waals surface area contributed by atoms with E-state index in [1.807, 2.05) is 43.3 Å². The van der Waals surface area contributed by atoms with Gasteiger partial charge < -0.3 is 14.5 Å². The molecule has 0 saturated carbocycles. The van der Waals surface area contributed by atoms with E-state index in [9.17, 15) is 4.79 Å². The lowest BCUT2D eigenvalue weighted by molar-refractivity contribution is 0.0750. The van der Waals surface area contributed by atoms with Gasteiger partial charge in [-0.3, -0.25) is 4.79 Å². The number of benzene rings is 1. The number of fused-ring (bicyclic) bond motifs is 1. The molecule has 0 aromatic heterocycles. The van der Waals surface area contributed by atoms with E-state index in [0.717, 1.165) is 19.5 Å².